The molecule has 0 bridgehead atoms. The zero-order chi connectivity index (χ0) is 22.8. The van der Waals surface area contributed by atoms with E-state index in [0.29, 0.717) is 12.4 Å². The van der Waals surface area contributed by atoms with Crippen molar-refractivity contribution in [3.63, 3.8) is 0 Å². The van der Waals surface area contributed by atoms with Gasteiger partial charge >= 0.3 is 6.16 Å². The second-order valence-corrected chi connectivity index (χ2v) is 5.62. The van der Waals surface area contributed by atoms with E-state index in [2.05, 4.69) is 6.92 Å². The van der Waals surface area contributed by atoms with Crippen LogP contribution in [0.5, 0.6) is 5.75 Å². The van der Waals surface area contributed by atoms with Crippen LogP contribution in [0.15, 0.2) is 54.6 Å². The Morgan fingerprint density at radius 2 is 1.29 bits per heavy atom. The van der Waals surface area contributed by atoms with Gasteiger partial charge in [-0.25, -0.2) is 4.79 Å². The molecule has 0 atom stereocenters. The molecule has 0 heterocycles. The number of carbonyl (C=O) groups is 3. The third kappa shape index (κ3) is 17.8. The molecule has 10 heteroatoms. The van der Waals surface area contributed by atoms with E-state index in [4.69, 9.17) is 39.5 Å². The summed E-state index contributed by atoms with van der Waals surface area (Å²) in [5, 5.41) is 33.3. The first kappa shape index (κ1) is 30.4. The maximum atomic E-state index is 11.8. The molecule has 170 valence electrons. The van der Waals surface area contributed by atoms with Crippen molar-refractivity contribution in [3.8, 4) is 16.9 Å². The Morgan fingerprint density at radius 3 is 1.84 bits per heavy atom. The van der Waals surface area contributed by atoms with E-state index in [0.717, 1.165) is 36.8 Å². The van der Waals surface area contributed by atoms with Crippen molar-refractivity contribution in [2.75, 3.05) is 6.61 Å². The first-order chi connectivity index (χ1) is 14.3. The van der Waals surface area contributed by atoms with Crippen LogP contribution in [0.4, 0.5) is 14.4 Å². The molecule has 0 N–H and O–H groups in total. The van der Waals surface area contributed by atoms with Crippen LogP contribution in [-0.2, 0) is 4.74 Å². The molecule has 0 saturated heterocycles. The molecule has 2 aromatic rings. The van der Waals surface area contributed by atoms with Crippen molar-refractivity contribution in [2.45, 2.75) is 32.6 Å². The summed E-state index contributed by atoms with van der Waals surface area (Å²) in [4.78, 5) is 28.5. The second kappa shape index (κ2) is 19.2. The van der Waals surface area contributed by atoms with Crippen molar-refractivity contribution in [1.82, 2.24) is 0 Å². The first-order valence-electron chi connectivity index (χ1n) is 9.03. The van der Waals surface area contributed by atoms with Crippen LogP contribution in [0, 0.1) is 29.2 Å². The minimum Gasteiger partial charge on any atom is -0.652 e. The van der Waals surface area contributed by atoms with Gasteiger partial charge in [-0.3, -0.25) is 0 Å². The second-order valence-electron chi connectivity index (χ2n) is 5.62. The van der Waals surface area contributed by atoms with E-state index in [9.17, 15) is 4.79 Å². The molecule has 0 spiro atoms. The van der Waals surface area contributed by atoms with Crippen LogP contribution < -0.4 is 25.2 Å². The van der Waals surface area contributed by atoms with E-state index < -0.39 is 18.5 Å². The number of ether oxygens (including phenoxy) is 2. The number of hydrogen-bond donors (Lipinski definition) is 0. The average Bonchev–Trinajstić information content (AvgIpc) is 2.68. The number of carboxylic acid groups (broad SMARTS) is 4. The Kier molecular flexibility index (Phi) is 18.9. The molecule has 0 aliphatic heterocycles. The molecule has 0 aliphatic carbocycles. The van der Waals surface area contributed by atoms with E-state index >= 15 is 0 Å². The molecule has 0 saturated carbocycles. The monoisotopic (exact) mass is 656 g/mol. The molecule has 0 aliphatic rings. The van der Waals surface area contributed by atoms with Crippen molar-refractivity contribution in [3.05, 3.63) is 54.6 Å². The fourth-order valence-electron chi connectivity index (χ4n) is 2.22. The Hall–Kier alpha value is -2.76. The third-order valence-electron chi connectivity index (χ3n) is 3.38. The van der Waals surface area contributed by atoms with Crippen LogP contribution >= 0.6 is 0 Å². The van der Waals surface area contributed by atoms with Gasteiger partial charge in [0.1, 0.15) is 5.75 Å². The fourth-order valence-corrected chi connectivity index (χ4v) is 2.22. The van der Waals surface area contributed by atoms with Crippen molar-refractivity contribution in [1.29, 1.82) is 0 Å². The fraction of sp³-hybridized carbons (Fsp3) is 0.286. The summed E-state index contributed by atoms with van der Waals surface area (Å²) in [5.74, 6) is 0.521. The van der Waals surface area contributed by atoms with Gasteiger partial charge in [0.15, 0.2) is 0 Å². The van der Waals surface area contributed by atoms with Crippen LogP contribution in [0.3, 0.4) is 0 Å². The number of carbonyl (C=O) groups excluding carboxylic acids is 3. The summed E-state index contributed by atoms with van der Waals surface area (Å²) in [6, 6.07) is 17.3. The van der Waals surface area contributed by atoms with Crippen LogP contribution in [0.1, 0.15) is 32.6 Å². The number of unbranched alkanes of at least 4 members (excludes halogenated alkanes) is 3. The number of benzene rings is 2. The molecule has 2 rings (SSSR count). The van der Waals surface area contributed by atoms with E-state index in [1.807, 2.05) is 48.5 Å². The van der Waals surface area contributed by atoms with Gasteiger partial charge < -0.3 is 39.5 Å². The molecule has 0 radical (unpaired) electrons. The van der Waals surface area contributed by atoms with Gasteiger partial charge in [-0.15, -0.1) is 0 Å². The van der Waals surface area contributed by atoms with E-state index in [1.165, 1.54) is 0 Å². The van der Waals surface area contributed by atoms with Crippen molar-refractivity contribution in [2.24, 2.45) is 0 Å². The maximum Gasteiger partial charge on any atom is 0.513 e. The number of hydrogen-bond acceptors (Lipinski definition) is 9. The quantitative estimate of drug-likeness (QED) is 0.234. The van der Waals surface area contributed by atoms with Gasteiger partial charge in [-0.05, 0) is 30.4 Å². The van der Waals surface area contributed by atoms with Gasteiger partial charge in [0.25, 0.3) is 0 Å². The first-order valence-corrected chi connectivity index (χ1v) is 9.03. The summed E-state index contributed by atoms with van der Waals surface area (Å²) >= 11 is 0. The van der Waals surface area contributed by atoms with E-state index in [1.54, 1.807) is 6.07 Å². The topological polar surface area (TPSA) is 162 Å². The minimum atomic E-state index is -2.33. The summed E-state index contributed by atoms with van der Waals surface area (Å²) in [6.07, 6.45) is -1.03. The van der Waals surface area contributed by atoms with Gasteiger partial charge in [0.05, 0.1) is 6.61 Å². The standard InChI is InChI=1S/C19H22O3.2CH2O3.Pu/c1-2-3-4-10-15-21-19(20)22-18-14-9-8-13-17(18)16-11-6-5-7-12-16;2*2-1(3)4;/h5-9,11-14H,2-4,10,15H2,1H3;2*(H2,2,3,4);/p-4. The zero-order valence-corrected chi connectivity index (χ0v) is 20.2. The predicted octanol–water partition coefficient (Wildman–Crippen LogP) is 0.555. The molecule has 0 aromatic heterocycles. The van der Waals surface area contributed by atoms with Gasteiger partial charge in [0, 0.05) is 34.7 Å². The van der Waals surface area contributed by atoms with Gasteiger partial charge in [0.2, 0.25) is 0 Å². The minimum absolute atomic E-state index is 0. The summed E-state index contributed by atoms with van der Waals surface area (Å²) < 4.78 is 10.5. The molecule has 9 nitrogen and oxygen atoms in total. The summed E-state index contributed by atoms with van der Waals surface area (Å²) in [5.41, 5.74) is 1.89. The van der Waals surface area contributed by atoms with Crippen LogP contribution in [-0.4, -0.2) is 25.1 Å². The molecule has 31 heavy (non-hydrogen) atoms. The van der Waals surface area contributed by atoms with Crippen molar-refractivity contribution >= 4 is 18.5 Å². The summed E-state index contributed by atoms with van der Waals surface area (Å²) in [7, 11) is 0. The maximum absolute atomic E-state index is 11.8. The SMILES string of the molecule is CCCCCCOC(=O)Oc1ccccc1-c1ccccc1.O=C([O-])[O-].O=C([O-])[O-].[Pu]. The Labute approximate surface area is 202 Å². The smallest absolute Gasteiger partial charge is 0.513 e. The largest absolute Gasteiger partial charge is 0.652 e. The summed E-state index contributed by atoms with van der Waals surface area (Å²) in [6.45, 7) is 2.56. The third-order valence-corrected chi connectivity index (χ3v) is 3.38. The van der Waals surface area contributed by atoms with Crippen LogP contribution in [0.25, 0.3) is 11.1 Å². The Bertz CT molecular complexity index is 746. The van der Waals surface area contributed by atoms with Crippen LogP contribution in [0.2, 0.25) is 0 Å². The molecular weight excluding hydrogens is 640 g/mol. The zero-order valence-electron chi connectivity index (χ0n) is 16.8. The molecule has 2 aromatic carbocycles. The normalized spacial score (nSPS) is 8.81. The molecule has 0 unspecified atom stereocenters. The van der Waals surface area contributed by atoms with Gasteiger partial charge in [-0.1, -0.05) is 74.7 Å². The van der Waals surface area contributed by atoms with E-state index in [-0.39, 0.29) is 29.2 Å². The number of rotatable bonds is 7. The Morgan fingerprint density at radius 1 is 0.774 bits per heavy atom. The molecule has 0 fully saturated rings. The van der Waals surface area contributed by atoms with Gasteiger partial charge in [-0.2, -0.15) is 0 Å². The predicted molar refractivity (Wildman–Crippen MR) is 98.8 cm³/mol. The number of para-hydroxylation sites is 1. The molecular formula is C21H22O9Pu-4. The average molecular weight is 662 g/mol. The van der Waals surface area contributed by atoms with Crippen molar-refractivity contribution < 1.29 is 73.5 Å². The molecule has 0 amide bonds. The Balaban J connectivity index is 0.